The summed E-state index contributed by atoms with van der Waals surface area (Å²) in [5.74, 6) is 0.204. The summed E-state index contributed by atoms with van der Waals surface area (Å²) >= 11 is 2.17. The van der Waals surface area contributed by atoms with Crippen LogP contribution in [-0.4, -0.2) is 48.8 Å². The zero-order valence-corrected chi connectivity index (χ0v) is 21.8. The van der Waals surface area contributed by atoms with E-state index in [0.717, 1.165) is 16.7 Å². The van der Waals surface area contributed by atoms with Gasteiger partial charge in [-0.1, -0.05) is 0 Å². The van der Waals surface area contributed by atoms with Gasteiger partial charge in [0.2, 0.25) is 0 Å². The van der Waals surface area contributed by atoms with Gasteiger partial charge in [-0.15, -0.1) is 0 Å². The Bertz CT molecular complexity index is 1130. The van der Waals surface area contributed by atoms with Crippen LogP contribution in [0.4, 0.5) is 4.39 Å². The van der Waals surface area contributed by atoms with Gasteiger partial charge in [-0.05, 0) is 0 Å². The average Bonchev–Trinajstić information content (AvgIpc) is 3.20. The Balaban J connectivity index is 1.77. The van der Waals surface area contributed by atoms with Crippen molar-refractivity contribution in [1.82, 2.24) is 5.01 Å². The molecule has 0 bridgehead atoms. The average molecular weight is 610 g/mol. The van der Waals surface area contributed by atoms with Crippen molar-refractivity contribution in [2.75, 3.05) is 7.11 Å². The molecule has 7 heteroatoms. The van der Waals surface area contributed by atoms with Crippen LogP contribution in [0.2, 0.25) is 0 Å². The summed E-state index contributed by atoms with van der Waals surface area (Å²) < 4.78 is 20.2. The molecule has 0 aromatic heterocycles. The van der Waals surface area contributed by atoms with Crippen molar-refractivity contribution in [2.24, 2.45) is 5.10 Å². The van der Waals surface area contributed by atoms with Gasteiger partial charge in [-0.2, -0.15) is 0 Å². The van der Waals surface area contributed by atoms with E-state index in [1.54, 1.807) is 19.2 Å². The van der Waals surface area contributed by atoms with Gasteiger partial charge in [-0.25, -0.2) is 4.39 Å². The van der Waals surface area contributed by atoms with E-state index in [4.69, 9.17) is 4.74 Å². The molecular formula is C23H18FN2O2STl. The minimum absolute atomic E-state index is 0.177. The fraction of sp³-hybridized carbons (Fsp3) is 0.130. The van der Waals surface area contributed by atoms with Crippen LogP contribution in [0.25, 0.3) is 0 Å². The number of halogens is 1. The van der Waals surface area contributed by atoms with Gasteiger partial charge in [0.05, 0.1) is 0 Å². The first-order valence-electron chi connectivity index (χ1n) is 9.31. The first-order valence-corrected chi connectivity index (χ1v) is 12.4. The summed E-state index contributed by atoms with van der Waals surface area (Å²) in [4.78, 5) is 13.4. The number of carbonyl (C=O) groups is 1. The molecule has 3 aromatic carbocycles. The fourth-order valence-corrected chi connectivity index (χ4v) is 5.09. The molecule has 1 atom stereocenters. The number of carbonyl (C=O) groups excluding carboxylic acids is 1. The second-order valence-corrected chi connectivity index (χ2v) is 10.3. The molecule has 148 valence electrons. The van der Waals surface area contributed by atoms with Gasteiger partial charge in [0, 0.05) is 0 Å². The third kappa shape index (κ3) is 4.16. The molecule has 1 aliphatic heterocycles. The SMILES string of the molecule is COc1ccccc1C1SC(c2ccc(F)cc2)=NN1C(=O)c1cc[c]([Tl])c(C)c1. The fourth-order valence-electron chi connectivity index (χ4n) is 3.21. The molecule has 0 fully saturated rings. The Morgan fingerprint density at radius 1 is 1.13 bits per heavy atom. The summed E-state index contributed by atoms with van der Waals surface area (Å²) in [6.45, 7) is 2.02. The molecule has 30 heavy (non-hydrogen) atoms. The van der Waals surface area contributed by atoms with Gasteiger partial charge in [0.1, 0.15) is 0 Å². The van der Waals surface area contributed by atoms with Gasteiger partial charge in [0.15, 0.2) is 0 Å². The van der Waals surface area contributed by atoms with Crippen LogP contribution in [-0.2, 0) is 0 Å². The van der Waals surface area contributed by atoms with Crippen molar-refractivity contribution >= 4 is 51.6 Å². The normalized spacial score (nSPS) is 15.7. The number of hydrogen-bond donors (Lipinski definition) is 0. The van der Waals surface area contributed by atoms with Gasteiger partial charge >= 0.3 is 191 Å². The van der Waals surface area contributed by atoms with Crippen molar-refractivity contribution in [3.8, 4) is 5.75 Å². The summed E-state index contributed by atoms with van der Waals surface area (Å²) in [7, 11) is 1.61. The van der Waals surface area contributed by atoms with E-state index >= 15 is 0 Å². The number of rotatable bonds is 4. The Kier molecular flexibility index (Phi) is 6.24. The zero-order chi connectivity index (χ0) is 21.3. The summed E-state index contributed by atoms with van der Waals surface area (Å²) in [6, 6.07) is 19.6. The van der Waals surface area contributed by atoms with Crippen LogP contribution in [0.3, 0.4) is 0 Å². The van der Waals surface area contributed by atoms with E-state index in [1.807, 2.05) is 49.4 Å². The second kappa shape index (κ2) is 8.89. The molecule has 0 N–H and O–H groups in total. The van der Waals surface area contributed by atoms with E-state index < -0.39 is 0 Å². The third-order valence-corrected chi connectivity index (χ3v) is 8.60. The Hall–Kier alpha value is -2.20. The molecule has 1 amide bonds. The van der Waals surface area contributed by atoms with Crippen LogP contribution < -0.4 is 7.86 Å². The van der Waals surface area contributed by atoms with Gasteiger partial charge in [0.25, 0.3) is 0 Å². The Morgan fingerprint density at radius 2 is 1.87 bits per heavy atom. The van der Waals surface area contributed by atoms with Crippen molar-refractivity contribution < 1.29 is 13.9 Å². The zero-order valence-electron chi connectivity index (χ0n) is 16.5. The molecule has 1 aliphatic rings. The molecule has 0 saturated heterocycles. The topological polar surface area (TPSA) is 41.9 Å². The number of hydrazone groups is 1. The predicted octanol–water partition coefficient (Wildman–Crippen LogP) is 4.19. The molecule has 0 aliphatic carbocycles. The molecule has 1 heterocycles. The van der Waals surface area contributed by atoms with Crippen LogP contribution >= 0.6 is 11.8 Å². The van der Waals surface area contributed by atoms with E-state index in [9.17, 15) is 9.18 Å². The van der Waals surface area contributed by atoms with Crippen molar-refractivity contribution in [1.29, 1.82) is 0 Å². The molecule has 0 radical (unpaired) electrons. The van der Waals surface area contributed by atoms with E-state index in [0.29, 0.717) is 42.1 Å². The molecule has 4 rings (SSSR count). The van der Waals surface area contributed by atoms with Gasteiger partial charge in [-0.3, -0.25) is 0 Å². The molecular weight excluding hydrogens is 592 g/mol. The van der Waals surface area contributed by atoms with E-state index in [1.165, 1.54) is 32.0 Å². The number of nitrogens with zero attached hydrogens (tertiary/aromatic N) is 2. The standard InChI is InChI=1S/C23H18FN2O2S.Tl/c1-15-6-5-7-17(14-15)22(27)26-23(19-8-3-4-9-20(19)28-2)29-21(25-26)16-10-12-18(24)13-11-16;/h3-5,7-14,23H,1-2H3;. The first kappa shape index (κ1) is 21.1. The summed E-state index contributed by atoms with van der Waals surface area (Å²) in [6.07, 6.45) is 0. The molecule has 0 spiro atoms. The Labute approximate surface area is 194 Å². The number of methoxy groups -OCH3 is 1. The number of hydrogen-bond acceptors (Lipinski definition) is 4. The quantitative estimate of drug-likeness (QED) is 0.417. The Morgan fingerprint density at radius 3 is 2.57 bits per heavy atom. The number of ether oxygens (including phenoxy) is 1. The maximum atomic E-state index is 13.4. The van der Waals surface area contributed by atoms with E-state index in [2.05, 4.69) is 5.10 Å². The number of amides is 1. The summed E-state index contributed by atoms with van der Waals surface area (Å²) in [5.41, 5.74) is 3.34. The van der Waals surface area contributed by atoms with Crippen LogP contribution in [0.1, 0.15) is 32.4 Å². The van der Waals surface area contributed by atoms with Crippen molar-refractivity contribution in [2.45, 2.75) is 12.3 Å². The van der Waals surface area contributed by atoms with Gasteiger partial charge < -0.3 is 0 Å². The third-order valence-electron chi connectivity index (χ3n) is 4.86. The van der Waals surface area contributed by atoms with Crippen LogP contribution in [0.5, 0.6) is 5.75 Å². The maximum absolute atomic E-state index is 13.4. The molecule has 3 aromatic rings. The van der Waals surface area contributed by atoms with Crippen LogP contribution in [0, 0.1) is 12.7 Å². The minimum atomic E-state index is -0.383. The second-order valence-electron chi connectivity index (χ2n) is 6.85. The van der Waals surface area contributed by atoms with E-state index in [-0.39, 0.29) is 17.1 Å². The van der Waals surface area contributed by atoms with Crippen molar-refractivity contribution in [3.63, 3.8) is 0 Å². The summed E-state index contributed by atoms with van der Waals surface area (Å²) in [5, 5.41) is 6.43. The monoisotopic (exact) mass is 610 g/mol. The number of thioether (sulfide) groups is 1. The van der Waals surface area contributed by atoms with Crippen LogP contribution in [0.15, 0.2) is 71.8 Å². The number of aryl methyl sites for hydroxylation is 1. The number of para-hydroxylation sites is 1. The van der Waals surface area contributed by atoms with Crippen molar-refractivity contribution in [3.05, 3.63) is 94.8 Å². The molecule has 0 saturated carbocycles. The molecule has 1 unspecified atom stereocenters. The molecule has 4 nitrogen and oxygen atoms in total. The number of benzene rings is 3. The first-order chi connectivity index (χ1) is 14.5. The predicted molar refractivity (Wildman–Crippen MR) is 119 cm³/mol.